The average Bonchev–Trinajstić information content (AvgIpc) is 2.43. The van der Waals surface area contributed by atoms with Gasteiger partial charge >= 0.3 is 0 Å². The lowest BCUT2D eigenvalue weighted by Crippen LogP contribution is -2.39. The highest BCUT2D eigenvalue weighted by Crippen LogP contribution is 2.10. The van der Waals surface area contributed by atoms with E-state index in [0.717, 1.165) is 5.69 Å². The molecule has 2 amide bonds. The van der Waals surface area contributed by atoms with Crippen molar-refractivity contribution in [1.82, 2.24) is 15.6 Å². The molecule has 110 valence electrons. The zero-order valence-electron chi connectivity index (χ0n) is 12.0. The third-order valence-electron chi connectivity index (χ3n) is 2.51. The number of pyridine rings is 1. The monoisotopic (exact) mass is 279 g/mol. The lowest BCUT2D eigenvalue weighted by Gasteiger charge is -2.10. The van der Waals surface area contributed by atoms with Crippen LogP contribution in [0.25, 0.3) is 0 Å². The van der Waals surface area contributed by atoms with Gasteiger partial charge in [0.2, 0.25) is 5.91 Å². The zero-order chi connectivity index (χ0) is 15.1. The smallest absolute Gasteiger partial charge is 0.251 e. The quantitative estimate of drug-likeness (QED) is 0.439. The Balaban J connectivity index is 2.69. The van der Waals surface area contributed by atoms with Crippen LogP contribution in [0.15, 0.2) is 12.1 Å². The molecular weight excluding hydrogens is 258 g/mol. The van der Waals surface area contributed by atoms with Crippen molar-refractivity contribution >= 4 is 17.6 Å². The fourth-order valence-electron chi connectivity index (χ4n) is 1.61. The van der Waals surface area contributed by atoms with Crippen molar-refractivity contribution in [3.8, 4) is 0 Å². The number of amides is 2. The van der Waals surface area contributed by atoms with Gasteiger partial charge in [-0.3, -0.25) is 9.59 Å². The van der Waals surface area contributed by atoms with Crippen molar-refractivity contribution in [3.05, 3.63) is 23.4 Å². The summed E-state index contributed by atoms with van der Waals surface area (Å²) in [7, 11) is 0. The van der Waals surface area contributed by atoms with Gasteiger partial charge in [-0.25, -0.2) is 10.8 Å². The minimum Gasteiger partial charge on any atom is -0.352 e. The number of hydrogen-bond donors (Lipinski definition) is 4. The third kappa shape index (κ3) is 4.85. The van der Waals surface area contributed by atoms with Gasteiger partial charge in [0, 0.05) is 17.3 Å². The van der Waals surface area contributed by atoms with Crippen LogP contribution in [0.3, 0.4) is 0 Å². The molecule has 0 aliphatic carbocycles. The van der Waals surface area contributed by atoms with Crippen LogP contribution in [0, 0.1) is 0 Å². The van der Waals surface area contributed by atoms with Crippen molar-refractivity contribution in [3.63, 3.8) is 0 Å². The van der Waals surface area contributed by atoms with Crippen molar-refractivity contribution in [1.29, 1.82) is 0 Å². The number of aromatic nitrogens is 1. The number of aryl methyl sites for hydroxylation is 1. The first-order chi connectivity index (χ1) is 9.46. The number of anilines is 1. The number of carbonyl (C=O) groups excluding carboxylic acids is 2. The van der Waals surface area contributed by atoms with Crippen LogP contribution in [0.2, 0.25) is 0 Å². The van der Waals surface area contributed by atoms with Gasteiger partial charge in [0.15, 0.2) is 0 Å². The molecule has 0 saturated carbocycles. The number of nitrogen functional groups attached to an aromatic ring is 1. The minimum absolute atomic E-state index is 0.0417. The third-order valence-corrected chi connectivity index (χ3v) is 2.51. The van der Waals surface area contributed by atoms with Gasteiger partial charge in [-0.15, -0.1) is 0 Å². The molecule has 1 rings (SSSR count). The van der Waals surface area contributed by atoms with Crippen LogP contribution < -0.4 is 21.9 Å². The Morgan fingerprint density at radius 3 is 2.60 bits per heavy atom. The fraction of sp³-hybridized carbons (Fsp3) is 0.462. The average molecular weight is 279 g/mol. The summed E-state index contributed by atoms with van der Waals surface area (Å²) in [6.07, 6.45) is 0.684. The van der Waals surface area contributed by atoms with Crippen LogP contribution in [0.1, 0.15) is 36.8 Å². The zero-order valence-corrected chi connectivity index (χ0v) is 12.0. The molecule has 0 aliphatic heterocycles. The molecule has 0 aliphatic rings. The largest absolute Gasteiger partial charge is 0.352 e. The van der Waals surface area contributed by atoms with Crippen LogP contribution in [-0.2, 0) is 11.2 Å². The van der Waals surface area contributed by atoms with Gasteiger partial charge in [0.05, 0.1) is 6.54 Å². The molecule has 0 fully saturated rings. The molecule has 20 heavy (non-hydrogen) atoms. The number of nitrogens with two attached hydrogens (primary N) is 1. The highest BCUT2D eigenvalue weighted by Gasteiger charge is 2.11. The lowest BCUT2D eigenvalue weighted by atomic mass is 10.2. The summed E-state index contributed by atoms with van der Waals surface area (Å²) in [5.74, 6) is 5.17. The number of nitrogens with one attached hydrogen (secondary N) is 3. The molecule has 7 nitrogen and oxygen atoms in total. The Labute approximate surface area is 118 Å². The molecule has 0 unspecified atom stereocenters. The first-order valence-electron chi connectivity index (χ1n) is 6.51. The lowest BCUT2D eigenvalue weighted by molar-refractivity contribution is -0.120. The van der Waals surface area contributed by atoms with Crippen LogP contribution >= 0.6 is 0 Å². The van der Waals surface area contributed by atoms with E-state index in [4.69, 9.17) is 5.84 Å². The molecule has 5 N–H and O–H groups in total. The van der Waals surface area contributed by atoms with E-state index in [0.29, 0.717) is 17.8 Å². The molecule has 1 aromatic heterocycles. The second-order valence-corrected chi connectivity index (χ2v) is 4.64. The predicted octanol–water partition coefficient (Wildman–Crippen LogP) is 0.184. The Kier molecular flexibility index (Phi) is 5.92. The molecule has 1 heterocycles. The summed E-state index contributed by atoms with van der Waals surface area (Å²) in [5.41, 5.74) is 3.58. The van der Waals surface area contributed by atoms with E-state index < -0.39 is 0 Å². The first kappa shape index (κ1) is 15.9. The Morgan fingerprint density at radius 2 is 2.05 bits per heavy atom. The predicted molar refractivity (Wildman–Crippen MR) is 77.0 cm³/mol. The maximum Gasteiger partial charge on any atom is 0.251 e. The number of rotatable bonds is 6. The number of hydrazine groups is 1. The van der Waals surface area contributed by atoms with Crippen molar-refractivity contribution in [2.24, 2.45) is 5.84 Å². The van der Waals surface area contributed by atoms with Gasteiger partial charge in [-0.05, 0) is 32.4 Å². The van der Waals surface area contributed by atoms with Gasteiger partial charge in [-0.2, -0.15) is 0 Å². The molecule has 7 heteroatoms. The molecule has 0 saturated heterocycles. The molecule has 0 aromatic carbocycles. The maximum atomic E-state index is 12.0. The number of hydrogen-bond acceptors (Lipinski definition) is 5. The molecule has 0 atom stereocenters. The van der Waals surface area contributed by atoms with Crippen molar-refractivity contribution < 1.29 is 9.59 Å². The summed E-state index contributed by atoms with van der Waals surface area (Å²) >= 11 is 0. The van der Waals surface area contributed by atoms with E-state index in [1.807, 2.05) is 20.8 Å². The van der Waals surface area contributed by atoms with Crippen LogP contribution in [-0.4, -0.2) is 29.4 Å². The van der Waals surface area contributed by atoms with E-state index in [1.165, 1.54) is 6.07 Å². The SMILES string of the molecule is CCc1cc(C(=O)NCC(=O)NC(C)C)cc(NN)n1. The topological polar surface area (TPSA) is 109 Å². The summed E-state index contributed by atoms with van der Waals surface area (Å²) in [6, 6.07) is 3.26. The number of carbonyl (C=O) groups is 2. The molecule has 1 aromatic rings. The standard InChI is InChI=1S/C13H21N5O2/c1-4-10-5-9(6-11(17-10)18-14)13(20)15-7-12(19)16-8(2)3/h5-6,8H,4,7,14H2,1-3H3,(H,15,20)(H,16,19)(H,17,18). The van der Waals surface area contributed by atoms with Gasteiger partial charge in [0.25, 0.3) is 5.91 Å². The summed E-state index contributed by atoms with van der Waals surface area (Å²) in [6.45, 7) is 5.58. The highest BCUT2D eigenvalue weighted by atomic mass is 16.2. The molecular formula is C13H21N5O2. The van der Waals surface area contributed by atoms with Gasteiger partial charge in [-0.1, -0.05) is 6.92 Å². The maximum absolute atomic E-state index is 12.0. The van der Waals surface area contributed by atoms with E-state index >= 15 is 0 Å². The van der Waals surface area contributed by atoms with E-state index in [-0.39, 0.29) is 24.4 Å². The molecule has 0 spiro atoms. The van der Waals surface area contributed by atoms with Gasteiger partial charge in [0.1, 0.15) is 5.82 Å². The van der Waals surface area contributed by atoms with E-state index in [2.05, 4.69) is 21.0 Å². The first-order valence-corrected chi connectivity index (χ1v) is 6.51. The van der Waals surface area contributed by atoms with E-state index in [1.54, 1.807) is 6.07 Å². The molecule has 0 radical (unpaired) electrons. The van der Waals surface area contributed by atoms with Gasteiger partial charge < -0.3 is 16.1 Å². The highest BCUT2D eigenvalue weighted by molar-refractivity contribution is 5.97. The summed E-state index contributed by atoms with van der Waals surface area (Å²) in [4.78, 5) is 27.6. The van der Waals surface area contributed by atoms with Crippen LogP contribution in [0.5, 0.6) is 0 Å². The van der Waals surface area contributed by atoms with Crippen molar-refractivity contribution in [2.45, 2.75) is 33.2 Å². The molecule has 0 bridgehead atoms. The Bertz CT molecular complexity index is 465. The second-order valence-electron chi connectivity index (χ2n) is 4.64. The van der Waals surface area contributed by atoms with Crippen LogP contribution in [0.4, 0.5) is 5.82 Å². The normalized spacial score (nSPS) is 10.2. The Hall–Kier alpha value is -2.15. The van der Waals surface area contributed by atoms with Crippen molar-refractivity contribution in [2.75, 3.05) is 12.0 Å². The summed E-state index contributed by atoms with van der Waals surface area (Å²) in [5, 5.41) is 5.26. The Morgan fingerprint density at radius 1 is 1.35 bits per heavy atom. The van der Waals surface area contributed by atoms with E-state index in [9.17, 15) is 9.59 Å². The minimum atomic E-state index is -0.336. The summed E-state index contributed by atoms with van der Waals surface area (Å²) < 4.78 is 0. The second kappa shape index (κ2) is 7.44. The fourth-order valence-corrected chi connectivity index (χ4v) is 1.61. The number of nitrogens with zero attached hydrogens (tertiary/aromatic N) is 1.